The minimum absolute atomic E-state index is 0.197. The van der Waals surface area contributed by atoms with E-state index in [-0.39, 0.29) is 23.8 Å². The molecule has 1 spiro atoms. The van der Waals surface area contributed by atoms with Crippen LogP contribution in [0.5, 0.6) is 0 Å². The summed E-state index contributed by atoms with van der Waals surface area (Å²) < 4.78 is 1.99. The van der Waals surface area contributed by atoms with Gasteiger partial charge in [0.2, 0.25) is 5.91 Å². The van der Waals surface area contributed by atoms with E-state index in [1.54, 1.807) is 11.8 Å². The van der Waals surface area contributed by atoms with E-state index in [0.29, 0.717) is 5.75 Å². The highest BCUT2D eigenvalue weighted by atomic mass is 32.2. The Labute approximate surface area is 160 Å². The molecule has 0 aliphatic carbocycles. The van der Waals surface area contributed by atoms with Crippen LogP contribution in [0.1, 0.15) is 25.7 Å². The van der Waals surface area contributed by atoms with Gasteiger partial charge in [-0.1, -0.05) is 0 Å². The Kier molecular flexibility index (Phi) is 7.00. The molecule has 2 aliphatic heterocycles. The van der Waals surface area contributed by atoms with E-state index in [1.165, 1.54) is 0 Å². The van der Waals surface area contributed by atoms with Gasteiger partial charge in [-0.3, -0.25) is 9.48 Å². The molecule has 1 N–H and O–H groups in total. The summed E-state index contributed by atoms with van der Waals surface area (Å²) >= 11 is 1.58. The molecule has 0 radical (unpaired) electrons. The molecular weight excluding hydrogens is 348 g/mol. The largest absolute Gasteiger partial charge is 0.396 e. The third-order valence-corrected chi connectivity index (χ3v) is 6.84. The zero-order chi connectivity index (χ0) is 18.4. The number of likely N-dealkylation sites (tertiary alicyclic amines) is 2. The maximum Gasteiger partial charge on any atom is 0.232 e. The van der Waals surface area contributed by atoms with Gasteiger partial charge >= 0.3 is 0 Å². The first-order chi connectivity index (χ1) is 12.7. The average molecular weight is 381 g/mol. The van der Waals surface area contributed by atoms with Crippen molar-refractivity contribution in [3.63, 3.8) is 0 Å². The van der Waals surface area contributed by atoms with Crippen LogP contribution in [0.2, 0.25) is 0 Å². The normalized spacial score (nSPS) is 23.5. The summed E-state index contributed by atoms with van der Waals surface area (Å²) in [6.45, 7) is 6.08. The van der Waals surface area contributed by atoms with Crippen LogP contribution in [0, 0.1) is 11.3 Å². The van der Waals surface area contributed by atoms with Gasteiger partial charge < -0.3 is 14.9 Å². The highest BCUT2D eigenvalue weighted by Crippen LogP contribution is 2.45. The Bertz CT molecular complexity index is 558. The van der Waals surface area contributed by atoms with Crippen LogP contribution in [-0.4, -0.2) is 81.9 Å². The van der Waals surface area contributed by atoms with Crippen molar-refractivity contribution in [2.45, 2.75) is 32.2 Å². The number of carbonyl (C=O) groups is 1. The lowest BCUT2D eigenvalue weighted by Gasteiger charge is -2.51. The predicted octanol–water partition coefficient (Wildman–Crippen LogP) is 1.56. The maximum absolute atomic E-state index is 12.2. The molecule has 26 heavy (non-hydrogen) atoms. The summed E-state index contributed by atoms with van der Waals surface area (Å²) in [6.07, 6.45) is 10.3. The van der Waals surface area contributed by atoms with E-state index < -0.39 is 0 Å². The minimum Gasteiger partial charge on any atom is -0.396 e. The number of aliphatic hydroxyl groups excluding tert-OH is 1. The molecule has 0 aromatic carbocycles. The average Bonchev–Trinajstić information content (AvgIpc) is 3.17. The van der Waals surface area contributed by atoms with Crippen molar-refractivity contribution >= 4 is 17.7 Å². The molecule has 1 amide bonds. The Morgan fingerprint density at radius 2 is 2.04 bits per heavy atom. The first kappa shape index (κ1) is 19.7. The molecule has 2 saturated heterocycles. The zero-order valence-corrected chi connectivity index (χ0v) is 16.7. The summed E-state index contributed by atoms with van der Waals surface area (Å²) in [5.41, 5.74) is 0.226. The summed E-state index contributed by atoms with van der Waals surface area (Å²) in [7, 11) is 0. The van der Waals surface area contributed by atoms with E-state index in [4.69, 9.17) is 0 Å². The molecule has 0 saturated carbocycles. The van der Waals surface area contributed by atoms with Gasteiger partial charge in [-0.2, -0.15) is 16.9 Å². The molecule has 1 unspecified atom stereocenters. The molecule has 1 atom stereocenters. The third kappa shape index (κ3) is 4.61. The van der Waals surface area contributed by atoms with E-state index in [9.17, 15) is 9.90 Å². The Balaban J connectivity index is 1.47. The van der Waals surface area contributed by atoms with Gasteiger partial charge in [0.05, 0.1) is 5.75 Å². The van der Waals surface area contributed by atoms with Crippen molar-refractivity contribution in [2.75, 3.05) is 51.3 Å². The second-order valence-corrected chi connectivity index (χ2v) is 8.59. The lowest BCUT2D eigenvalue weighted by Crippen LogP contribution is -2.55. The topological polar surface area (TPSA) is 61.6 Å². The zero-order valence-electron chi connectivity index (χ0n) is 15.8. The molecule has 2 aliphatic rings. The van der Waals surface area contributed by atoms with Crippen LogP contribution >= 0.6 is 11.8 Å². The molecule has 3 heterocycles. The smallest absolute Gasteiger partial charge is 0.232 e. The fraction of sp³-hybridized carbons (Fsp3) is 0.789. The van der Waals surface area contributed by atoms with Crippen LogP contribution < -0.4 is 0 Å². The number of rotatable bonds is 7. The van der Waals surface area contributed by atoms with Gasteiger partial charge in [0.15, 0.2) is 0 Å². The lowest BCUT2D eigenvalue weighted by molar-refractivity contribution is -0.135. The lowest BCUT2D eigenvalue weighted by atomic mass is 9.64. The second-order valence-electron chi connectivity index (χ2n) is 7.73. The van der Waals surface area contributed by atoms with Gasteiger partial charge in [0.1, 0.15) is 0 Å². The van der Waals surface area contributed by atoms with Gasteiger partial charge in [-0.15, -0.1) is 0 Å². The van der Waals surface area contributed by atoms with Crippen LogP contribution in [0.3, 0.4) is 0 Å². The number of piperidine rings is 2. The number of hydrogen-bond acceptors (Lipinski definition) is 5. The molecule has 1 aromatic heterocycles. The Morgan fingerprint density at radius 3 is 2.69 bits per heavy atom. The van der Waals surface area contributed by atoms with Gasteiger partial charge in [-0.25, -0.2) is 0 Å². The van der Waals surface area contributed by atoms with Crippen molar-refractivity contribution in [3.8, 4) is 0 Å². The molecule has 146 valence electrons. The number of aliphatic hydroxyl groups is 1. The fourth-order valence-electron chi connectivity index (χ4n) is 4.57. The highest BCUT2D eigenvalue weighted by Gasteiger charge is 2.45. The van der Waals surface area contributed by atoms with Crippen molar-refractivity contribution in [1.29, 1.82) is 0 Å². The number of thioether (sulfide) groups is 1. The summed E-state index contributed by atoms with van der Waals surface area (Å²) in [4.78, 5) is 16.7. The molecular formula is C19H32N4O2S. The number of aromatic nitrogens is 2. The van der Waals surface area contributed by atoms with Crippen molar-refractivity contribution in [2.24, 2.45) is 11.3 Å². The molecule has 7 heteroatoms. The predicted molar refractivity (Wildman–Crippen MR) is 105 cm³/mol. The Morgan fingerprint density at radius 1 is 1.27 bits per heavy atom. The molecule has 3 rings (SSSR count). The molecule has 1 aromatic rings. The summed E-state index contributed by atoms with van der Waals surface area (Å²) in [5, 5.41) is 14.2. The molecule has 6 nitrogen and oxygen atoms in total. The highest BCUT2D eigenvalue weighted by molar-refractivity contribution is 7.99. The van der Waals surface area contributed by atoms with E-state index >= 15 is 0 Å². The quantitative estimate of drug-likeness (QED) is 0.778. The molecule has 2 fully saturated rings. The van der Waals surface area contributed by atoms with Gasteiger partial charge in [0.25, 0.3) is 0 Å². The van der Waals surface area contributed by atoms with Gasteiger partial charge in [0, 0.05) is 44.6 Å². The Hall–Kier alpha value is -1.05. The maximum atomic E-state index is 12.2. The van der Waals surface area contributed by atoms with Gasteiger partial charge in [-0.05, 0) is 63.1 Å². The van der Waals surface area contributed by atoms with Crippen LogP contribution in [0.15, 0.2) is 18.5 Å². The second kappa shape index (κ2) is 9.24. The minimum atomic E-state index is 0.197. The van der Waals surface area contributed by atoms with E-state index in [2.05, 4.69) is 10.00 Å². The first-order valence-electron chi connectivity index (χ1n) is 9.74. The van der Waals surface area contributed by atoms with Crippen LogP contribution in [0.4, 0.5) is 0 Å². The monoisotopic (exact) mass is 380 g/mol. The van der Waals surface area contributed by atoms with E-state index in [0.717, 1.165) is 65.0 Å². The standard InChI is InChI=1S/C19H32N4O2S/c1-26-16-18(25)22-13-6-19(17(14-22)15-24)4-11-21(12-5-19)8-3-10-23-9-2-7-20-23/h2,7,9,17,24H,3-6,8,10-16H2,1H3. The van der Waals surface area contributed by atoms with E-state index in [1.807, 2.05) is 34.3 Å². The third-order valence-electron chi connectivity index (χ3n) is 6.30. The van der Waals surface area contributed by atoms with Crippen molar-refractivity contribution in [1.82, 2.24) is 19.6 Å². The van der Waals surface area contributed by atoms with Crippen LogP contribution in [-0.2, 0) is 11.3 Å². The number of nitrogens with zero attached hydrogens (tertiary/aromatic N) is 4. The van der Waals surface area contributed by atoms with Crippen molar-refractivity contribution < 1.29 is 9.90 Å². The fourth-order valence-corrected chi connectivity index (χ4v) is 5.00. The summed E-state index contributed by atoms with van der Waals surface area (Å²) in [5.74, 6) is 1.00. The molecule has 0 bridgehead atoms. The SMILES string of the molecule is CSCC(=O)N1CCC2(CCN(CCCn3cccn3)CC2)C(CO)C1. The van der Waals surface area contributed by atoms with Crippen molar-refractivity contribution in [3.05, 3.63) is 18.5 Å². The van der Waals surface area contributed by atoms with Crippen LogP contribution in [0.25, 0.3) is 0 Å². The first-order valence-corrected chi connectivity index (χ1v) is 11.1. The number of amides is 1. The number of aryl methyl sites for hydroxylation is 1. The number of hydrogen-bond donors (Lipinski definition) is 1. The number of carbonyl (C=O) groups excluding carboxylic acids is 1. The summed E-state index contributed by atoms with van der Waals surface area (Å²) in [6, 6.07) is 1.97.